The van der Waals surface area contributed by atoms with E-state index in [2.05, 4.69) is 56.5 Å². The quantitative estimate of drug-likeness (QED) is 0.00977. The molecule has 2 amide bonds. The molecule has 0 spiro atoms. The van der Waals surface area contributed by atoms with E-state index in [1.807, 2.05) is 6.07 Å². The fourth-order valence-electron chi connectivity index (χ4n) is 8.46. The van der Waals surface area contributed by atoms with Gasteiger partial charge in [-0.05, 0) is 98.7 Å². The number of rotatable bonds is 28. The van der Waals surface area contributed by atoms with Crippen LogP contribution in [0.2, 0.25) is 5.02 Å². The number of anilines is 2. The van der Waals surface area contributed by atoms with Crippen molar-refractivity contribution in [3.05, 3.63) is 87.9 Å². The summed E-state index contributed by atoms with van der Waals surface area (Å²) in [5.74, 6) is -4.47. The number of pyridine rings is 1. The molecule has 8 N–H and O–H groups in total. The summed E-state index contributed by atoms with van der Waals surface area (Å²) in [6, 6.07) is 15.6. The summed E-state index contributed by atoms with van der Waals surface area (Å²) in [6.07, 6.45) is -0.485. The number of aromatic nitrogens is 2. The molecule has 0 bridgehead atoms. The van der Waals surface area contributed by atoms with Crippen LogP contribution >= 0.6 is 35.1 Å². The van der Waals surface area contributed by atoms with Gasteiger partial charge in [0.2, 0.25) is 17.7 Å². The van der Waals surface area contributed by atoms with Gasteiger partial charge in [-0.15, -0.1) is 59.3 Å². The molecule has 0 unspecified atom stereocenters. The zero-order chi connectivity index (χ0) is 70.1. The maximum Gasteiger partial charge on any atom is 0.298 e. The van der Waals surface area contributed by atoms with Gasteiger partial charge in [0.25, 0.3) is 50.6 Å². The first-order valence-electron chi connectivity index (χ1n) is 26.7. The van der Waals surface area contributed by atoms with E-state index in [0.717, 1.165) is 73.1 Å². The maximum atomic E-state index is 12.9. The molecule has 502 valence electrons. The van der Waals surface area contributed by atoms with Crippen molar-refractivity contribution >= 4 is 171 Å². The number of azo groups is 4. The van der Waals surface area contributed by atoms with Gasteiger partial charge in [-0.3, -0.25) is 36.8 Å². The van der Waals surface area contributed by atoms with Gasteiger partial charge in [-0.2, -0.15) is 57.7 Å². The monoisotopic (exact) mass is 1460 g/mol. The topological polar surface area (TPSA) is 532 Å². The normalized spacial score (nSPS) is 12.6. The highest BCUT2D eigenvalue weighted by Gasteiger charge is 2.26. The molecule has 0 saturated carbocycles. The van der Waals surface area contributed by atoms with Crippen molar-refractivity contribution in [1.29, 1.82) is 10.5 Å². The average molecular weight is 1460 g/mol. The second-order valence-electron chi connectivity index (χ2n) is 19.8. The van der Waals surface area contributed by atoms with E-state index in [1.54, 1.807) is 13.0 Å². The minimum Gasteiger partial charge on any atom is -0.495 e. The van der Waals surface area contributed by atoms with Crippen LogP contribution in [-0.2, 0) is 60.2 Å². The van der Waals surface area contributed by atoms with E-state index in [1.165, 1.54) is 43.3 Å². The number of fused-ring (bicyclic) bond motifs is 3. The summed E-state index contributed by atoms with van der Waals surface area (Å²) >= 11 is 7.96. The van der Waals surface area contributed by atoms with Crippen molar-refractivity contribution in [2.75, 3.05) is 53.1 Å². The number of carbonyl (C=O) groups is 2. The van der Waals surface area contributed by atoms with Crippen LogP contribution in [0.4, 0.5) is 56.9 Å². The SMILES string of the molecule is COc1cc2c(cc1S(=O)(=O)O)nc1c(C#N)c(C)c(N=Nc3cc(C)c(N=Nc4cc(NC(C)=O)c(N=Nc5cc(NC(C)=O)c(N=Nc6cc(S(=O)(=O)O)c(Cl)cc6C#N)cc5SCCCS(=O)(=O)O)cc4SCCCS(=O)(=O)O)cc3OCCCS(=O)(=O)O)c(O)n12. The minimum absolute atomic E-state index is 0.000157. The van der Waals surface area contributed by atoms with Gasteiger partial charge in [-0.1, -0.05) is 11.6 Å². The number of nitrogens with one attached hydrogen (secondary N) is 2. The van der Waals surface area contributed by atoms with Crippen molar-refractivity contribution in [3.8, 4) is 29.5 Å². The van der Waals surface area contributed by atoms with Gasteiger partial charge in [0.1, 0.15) is 73.1 Å². The number of amides is 2. The Morgan fingerprint density at radius 1 is 0.600 bits per heavy atom. The first kappa shape index (κ1) is 73.7. The fraction of sp³-hybridized carbons (Fsp3) is 0.264. The molecule has 42 heteroatoms. The lowest BCUT2D eigenvalue weighted by molar-refractivity contribution is -0.115. The molecule has 5 aromatic carbocycles. The summed E-state index contributed by atoms with van der Waals surface area (Å²) < 4.78 is 179. The lowest BCUT2D eigenvalue weighted by atomic mass is 10.1. The van der Waals surface area contributed by atoms with Crippen molar-refractivity contribution in [3.63, 3.8) is 0 Å². The molecule has 2 aromatic heterocycles. The summed E-state index contributed by atoms with van der Waals surface area (Å²) in [4.78, 5) is 28.7. The lowest BCUT2D eigenvalue weighted by Gasteiger charge is -2.13. The van der Waals surface area contributed by atoms with Crippen LogP contribution in [0.25, 0.3) is 16.7 Å². The summed E-state index contributed by atoms with van der Waals surface area (Å²) in [5, 5.41) is 71.1. The zero-order valence-electron chi connectivity index (χ0n) is 49.6. The molecule has 0 saturated heterocycles. The number of benzene rings is 5. The number of halogens is 1. The molecule has 7 aromatic rings. The third-order valence-corrected chi connectivity index (χ3v) is 19.5. The number of hydrogen-bond acceptors (Lipinski definition) is 28. The van der Waals surface area contributed by atoms with Crippen LogP contribution in [0.5, 0.6) is 17.4 Å². The minimum atomic E-state index is -4.94. The molecule has 0 fully saturated rings. The first-order chi connectivity index (χ1) is 44.4. The van der Waals surface area contributed by atoms with E-state index in [4.69, 9.17) is 21.1 Å². The van der Waals surface area contributed by atoms with Crippen LogP contribution in [0.1, 0.15) is 55.4 Å². The summed E-state index contributed by atoms with van der Waals surface area (Å²) in [7, 11) is -22.0. The van der Waals surface area contributed by atoms with E-state index in [9.17, 15) is 90.1 Å². The summed E-state index contributed by atoms with van der Waals surface area (Å²) in [5.41, 5.74) is -1.45. The van der Waals surface area contributed by atoms with Crippen molar-refractivity contribution in [2.24, 2.45) is 40.9 Å². The van der Waals surface area contributed by atoms with E-state index in [0.29, 0.717) is 5.56 Å². The number of aromatic hydroxyl groups is 1. The number of aryl methyl sites for hydroxylation is 1. The third kappa shape index (κ3) is 19.7. The van der Waals surface area contributed by atoms with Gasteiger partial charge >= 0.3 is 0 Å². The van der Waals surface area contributed by atoms with E-state index in [-0.39, 0.29) is 149 Å². The molecule has 34 nitrogen and oxygen atoms in total. The number of ether oxygens (including phenoxy) is 2. The second kappa shape index (κ2) is 30.4. The number of hydrogen-bond donors (Lipinski definition) is 8. The van der Waals surface area contributed by atoms with Crippen LogP contribution in [-0.4, -0.2) is 134 Å². The largest absolute Gasteiger partial charge is 0.495 e. The fourth-order valence-corrected chi connectivity index (χ4v) is 13.9. The second-order valence-corrected chi connectivity index (χ2v) is 30.0. The molecule has 0 aliphatic carbocycles. The molecular weight excluding hydrogens is 1410 g/mol. The average Bonchev–Trinajstić information content (AvgIpc) is 1.60. The highest BCUT2D eigenvalue weighted by atomic mass is 35.5. The molecule has 2 heterocycles. The zero-order valence-corrected chi connectivity index (χ0v) is 56.1. The predicted molar refractivity (Wildman–Crippen MR) is 346 cm³/mol. The number of thioether (sulfide) groups is 2. The highest BCUT2D eigenvalue weighted by molar-refractivity contribution is 7.99. The van der Waals surface area contributed by atoms with Gasteiger partial charge < -0.3 is 25.2 Å². The van der Waals surface area contributed by atoms with Gasteiger partial charge in [-0.25, -0.2) is 4.98 Å². The Bertz CT molecular complexity index is 5100. The molecule has 0 aliphatic heterocycles. The Hall–Kier alpha value is -8.69. The standard InChI is InChI=1S/C53H51ClN14O20S7/c1-27-15-41(64-67-51-28(2)32(26-56)52-59-40-23-50(95(84,85)86)46(87-5)24-44(40)68(52)53(51)71)45(88-9-6-12-91(72,73)74)19-34(27)60-65-42-17-37(58-30(4)70)39(21-47(42)89-10-7-13-92(75,76)77)63-66-43-18-36(57-29(3)69)38(20-48(43)90-11-8-14-93(78,79)80)62-61-35-22-49(94(81,82)83)33(54)16-31(35)25-55/h15-24,71H,6-14H2,1-5H3,(H,57,69)(H,58,70)(H,72,73,74)(H,75,76,77)(H,78,79,80)(H,81,82,83)(H,84,85,86). The van der Waals surface area contributed by atoms with Gasteiger partial charge in [0.05, 0.1) is 69.7 Å². The Labute approximate surface area is 554 Å². The van der Waals surface area contributed by atoms with Crippen molar-refractivity contribution in [2.45, 2.75) is 66.5 Å². The van der Waals surface area contributed by atoms with Crippen molar-refractivity contribution in [1.82, 2.24) is 9.38 Å². The molecule has 0 aliphatic rings. The Balaban J connectivity index is 1.35. The lowest BCUT2D eigenvalue weighted by Crippen LogP contribution is -2.08. The molecular formula is C53H51ClN14O20S7. The number of nitriles is 2. The maximum absolute atomic E-state index is 12.9. The summed E-state index contributed by atoms with van der Waals surface area (Å²) in [6.45, 7) is 4.91. The number of carbonyl (C=O) groups excluding carboxylic acids is 2. The van der Waals surface area contributed by atoms with Crippen LogP contribution in [0, 0.1) is 36.5 Å². The number of imidazole rings is 1. The Morgan fingerprint density at radius 3 is 1.58 bits per heavy atom. The number of nitrogens with zero attached hydrogens (tertiary/aromatic N) is 12. The Morgan fingerprint density at radius 2 is 1.09 bits per heavy atom. The highest BCUT2D eigenvalue weighted by Crippen LogP contribution is 2.46. The molecule has 0 atom stereocenters. The van der Waals surface area contributed by atoms with Crippen LogP contribution in [0.3, 0.4) is 0 Å². The smallest absolute Gasteiger partial charge is 0.298 e. The molecule has 7 rings (SSSR count). The number of methoxy groups -OCH3 is 1. The Kier molecular flexibility index (Phi) is 23.6. The first-order valence-corrected chi connectivity index (χ1v) is 36.7. The molecule has 0 radical (unpaired) electrons. The van der Waals surface area contributed by atoms with Gasteiger partial charge in [0, 0.05) is 41.3 Å². The van der Waals surface area contributed by atoms with Crippen LogP contribution < -0.4 is 20.1 Å². The van der Waals surface area contributed by atoms with Crippen LogP contribution in [0.15, 0.2) is 121 Å². The molecule has 95 heavy (non-hydrogen) atoms. The predicted octanol–water partition coefficient (Wildman–Crippen LogP) is 11.7. The van der Waals surface area contributed by atoms with E-state index < -0.39 is 100 Å². The van der Waals surface area contributed by atoms with Crippen molar-refractivity contribution < 1.29 is 89.0 Å². The van der Waals surface area contributed by atoms with Gasteiger partial charge in [0.15, 0.2) is 11.3 Å². The third-order valence-electron chi connectivity index (χ3n) is 12.7. The van der Waals surface area contributed by atoms with E-state index >= 15 is 0 Å².